The zero-order valence-corrected chi connectivity index (χ0v) is 9.18. The normalized spacial score (nSPS) is 15.2. The molecular formula is C10H22O2. The molecule has 0 aliphatic heterocycles. The van der Waals surface area contributed by atoms with Gasteiger partial charge in [-0.3, -0.25) is 0 Å². The van der Waals surface area contributed by atoms with Crippen LogP contribution in [-0.2, 0) is 9.47 Å². The van der Waals surface area contributed by atoms with Crippen LogP contribution in [0.2, 0.25) is 0 Å². The summed E-state index contributed by atoms with van der Waals surface area (Å²) in [6, 6.07) is 0. The van der Waals surface area contributed by atoms with Crippen LogP contribution in [0.5, 0.6) is 0 Å². The zero-order valence-electron chi connectivity index (χ0n) is 9.18. The van der Waals surface area contributed by atoms with E-state index in [1.807, 2.05) is 0 Å². The molecule has 0 spiro atoms. The molecule has 0 radical (unpaired) electrons. The van der Waals surface area contributed by atoms with E-state index in [-0.39, 0.29) is 0 Å². The lowest BCUT2D eigenvalue weighted by Crippen LogP contribution is -2.45. The molecule has 1 atom stereocenters. The third-order valence-electron chi connectivity index (χ3n) is 2.74. The molecule has 0 heterocycles. The predicted octanol–water partition coefficient (Wildman–Crippen LogP) is 2.68. The summed E-state index contributed by atoms with van der Waals surface area (Å²) in [5.41, 5.74) is 0. The number of rotatable bonds is 5. The van der Waals surface area contributed by atoms with Crippen molar-refractivity contribution in [3.63, 3.8) is 0 Å². The molecule has 0 aromatic heterocycles. The van der Waals surface area contributed by atoms with Crippen LogP contribution >= 0.6 is 0 Å². The van der Waals surface area contributed by atoms with Gasteiger partial charge in [0.25, 0.3) is 0 Å². The van der Waals surface area contributed by atoms with E-state index in [0.29, 0.717) is 11.8 Å². The van der Waals surface area contributed by atoms with Crippen LogP contribution in [0.4, 0.5) is 0 Å². The highest BCUT2D eigenvalue weighted by atomic mass is 16.7. The summed E-state index contributed by atoms with van der Waals surface area (Å²) in [5.74, 6) is 0.393. The van der Waals surface area contributed by atoms with Crippen molar-refractivity contribution in [2.45, 2.75) is 39.9 Å². The van der Waals surface area contributed by atoms with E-state index >= 15 is 0 Å². The summed E-state index contributed by atoms with van der Waals surface area (Å²) in [6.07, 6.45) is 1.07. The van der Waals surface area contributed by atoms with Gasteiger partial charge in [0.2, 0.25) is 0 Å². The first kappa shape index (κ1) is 11.9. The van der Waals surface area contributed by atoms with E-state index in [4.69, 9.17) is 9.47 Å². The molecule has 2 heteroatoms. The fourth-order valence-corrected chi connectivity index (χ4v) is 1.81. The maximum atomic E-state index is 5.48. The van der Waals surface area contributed by atoms with Gasteiger partial charge in [0.15, 0.2) is 5.79 Å². The molecule has 0 saturated carbocycles. The Bertz CT molecular complexity index is 117. The minimum Gasteiger partial charge on any atom is -0.353 e. The van der Waals surface area contributed by atoms with Crippen molar-refractivity contribution < 1.29 is 9.47 Å². The van der Waals surface area contributed by atoms with Crippen LogP contribution in [0.25, 0.3) is 0 Å². The van der Waals surface area contributed by atoms with Crippen molar-refractivity contribution >= 4 is 0 Å². The first-order valence-electron chi connectivity index (χ1n) is 4.65. The van der Waals surface area contributed by atoms with Crippen molar-refractivity contribution in [3.8, 4) is 0 Å². The highest BCUT2D eigenvalue weighted by molar-refractivity contribution is 4.78. The van der Waals surface area contributed by atoms with Crippen molar-refractivity contribution in [2.24, 2.45) is 11.8 Å². The number of ether oxygens (including phenoxy) is 2. The third kappa shape index (κ3) is 1.99. The molecule has 0 aliphatic rings. The Hall–Kier alpha value is -0.0800. The van der Waals surface area contributed by atoms with Gasteiger partial charge in [0, 0.05) is 26.1 Å². The number of methoxy groups -OCH3 is 2. The lowest BCUT2D eigenvalue weighted by atomic mass is 9.88. The maximum absolute atomic E-state index is 5.48. The Balaban J connectivity index is 4.56. The van der Waals surface area contributed by atoms with Crippen molar-refractivity contribution in [1.29, 1.82) is 0 Å². The van der Waals surface area contributed by atoms with Gasteiger partial charge in [-0.15, -0.1) is 0 Å². The molecule has 0 saturated heterocycles. The van der Waals surface area contributed by atoms with Gasteiger partial charge >= 0.3 is 0 Å². The van der Waals surface area contributed by atoms with Crippen LogP contribution in [0.3, 0.4) is 0 Å². The van der Waals surface area contributed by atoms with Crippen LogP contribution < -0.4 is 0 Å². The van der Waals surface area contributed by atoms with Crippen molar-refractivity contribution in [3.05, 3.63) is 0 Å². The van der Waals surface area contributed by atoms with Gasteiger partial charge < -0.3 is 9.47 Å². The second kappa shape index (κ2) is 4.83. The molecule has 0 amide bonds. The van der Waals surface area contributed by atoms with Crippen LogP contribution in [0, 0.1) is 11.8 Å². The minimum atomic E-state index is -0.408. The molecule has 12 heavy (non-hydrogen) atoms. The van der Waals surface area contributed by atoms with Crippen molar-refractivity contribution in [1.82, 2.24) is 0 Å². The number of hydrogen-bond acceptors (Lipinski definition) is 2. The van der Waals surface area contributed by atoms with Gasteiger partial charge in [-0.05, 0) is 6.42 Å². The van der Waals surface area contributed by atoms with Gasteiger partial charge in [0.1, 0.15) is 0 Å². The van der Waals surface area contributed by atoms with Crippen LogP contribution in [0.1, 0.15) is 34.1 Å². The molecule has 0 N–H and O–H groups in total. The van der Waals surface area contributed by atoms with Gasteiger partial charge in [-0.25, -0.2) is 0 Å². The predicted molar refractivity (Wildman–Crippen MR) is 51.0 cm³/mol. The second-order valence-electron chi connectivity index (χ2n) is 3.59. The highest BCUT2D eigenvalue weighted by Gasteiger charge is 2.38. The SMILES string of the molecule is CCC(C)C(OC)(OC)C(C)C. The molecular weight excluding hydrogens is 152 g/mol. The summed E-state index contributed by atoms with van der Waals surface area (Å²) in [4.78, 5) is 0. The lowest BCUT2D eigenvalue weighted by molar-refractivity contribution is -0.262. The quantitative estimate of drug-likeness (QED) is 0.597. The maximum Gasteiger partial charge on any atom is 0.172 e. The fourth-order valence-electron chi connectivity index (χ4n) is 1.81. The van der Waals surface area contributed by atoms with Crippen LogP contribution in [-0.4, -0.2) is 20.0 Å². The molecule has 0 aromatic carbocycles. The Kier molecular flexibility index (Phi) is 4.80. The smallest absolute Gasteiger partial charge is 0.172 e. The molecule has 0 aliphatic carbocycles. The summed E-state index contributed by atoms with van der Waals surface area (Å²) < 4.78 is 11.0. The van der Waals surface area contributed by atoms with E-state index in [1.54, 1.807) is 14.2 Å². The molecule has 2 nitrogen and oxygen atoms in total. The molecule has 0 fully saturated rings. The van der Waals surface area contributed by atoms with E-state index in [9.17, 15) is 0 Å². The van der Waals surface area contributed by atoms with E-state index < -0.39 is 5.79 Å². The first-order chi connectivity index (χ1) is 5.55. The minimum absolute atomic E-state index is 0.377. The van der Waals surface area contributed by atoms with E-state index in [2.05, 4.69) is 27.7 Å². The topological polar surface area (TPSA) is 18.5 Å². The third-order valence-corrected chi connectivity index (χ3v) is 2.74. The van der Waals surface area contributed by atoms with Gasteiger partial charge in [-0.2, -0.15) is 0 Å². The first-order valence-corrected chi connectivity index (χ1v) is 4.65. The molecule has 0 rings (SSSR count). The van der Waals surface area contributed by atoms with E-state index in [0.717, 1.165) is 6.42 Å². The Labute approximate surface area is 76.3 Å². The fraction of sp³-hybridized carbons (Fsp3) is 1.00. The number of hydrogen-bond donors (Lipinski definition) is 0. The molecule has 0 bridgehead atoms. The van der Waals surface area contributed by atoms with E-state index in [1.165, 1.54) is 0 Å². The molecule has 1 unspecified atom stereocenters. The van der Waals surface area contributed by atoms with Crippen LogP contribution in [0.15, 0.2) is 0 Å². The summed E-state index contributed by atoms with van der Waals surface area (Å²) >= 11 is 0. The Morgan fingerprint density at radius 3 is 1.58 bits per heavy atom. The standard InChI is InChI=1S/C10H22O2/c1-7-9(4)10(11-5,12-6)8(2)3/h8-9H,7H2,1-6H3. The average molecular weight is 174 g/mol. The van der Waals surface area contributed by atoms with Gasteiger partial charge in [0.05, 0.1) is 0 Å². The summed E-state index contributed by atoms with van der Waals surface area (Å²) in [7, 11) is 3.44. The monoisotopic (exact) mass is 174 g/mol. The molecule has 74 valence electrons. The molecule has 0 aromatic rings. The van der Waals surface area contributed by atoms with Crippen molar-refractivity contribution in [2.75, 3.05) is 14.2 Å². The Morgan fingerprint density at radius 2 is 1.50 bits per heavy atom. The highest BCUT2D eigenvalue weighted by Crippen LogP contribution is 2.32. The van der Waals surface area contributed by atoms with Gasteiger partial charge in [-0.1, -0.05) is 27.7 Å². The summed E-state index contributed by atoms with van der Waals surface area (Å²) in [5, 5.41) is 0. The lowest BCUT2D eigenvalue weighted by Gasteiger charge is -2.39. The zero-order chi connectivity index (χ0) is 9.78. The largest absolute Gasteiger partial charge is 0.353 e. The second-order valence-corrected chi connectivity index (χ2v) is 3.59. The average Bonchev–Trinajstić information content (AvgIpc) is 2.06. The Morgan fingerprint density at radius 1 is 1.08 bits per heavy atom. The summed E-state index contributed by atoms with van der Waals surface area (Å²) in [6.45, 7) is 8.56.